The first-order chi connectivity index (χ1) is 9.28. The zero-order chi connectivity index (χ0) is 13.2. The third kappa shape index (κ3) is 2.54. The summed E-state index contributed by atoms with van der Waals surface area (Å²) in [6, 6.07) is 6.12. The molecule has 19 heavy (non-hydrogen) atoms. The Bertz CT molecular complexity index is 623. The van der Waals surface area contributed by atoms with Crippen molar-refractivity contribution >= 4 is 23.3 Å². The predicted octanol–water partition coefficient (Wildman–Crippen LogP) is 4.29. The molecule has 1 aliphatic carbocycles. The van der Waals surface area contributed by atoms with Gasteiger partial charge in [-0.2, -0.15) is 0 Å². The number of aromatic amines is 1. The Morgan fingerprint density at radius 1 is 1.32 bits per heavy atom. The van der Waals surface area contributed by atoms with Crippen LogP contribution in [0.1, 0.15) is 32.1 Å². The van der Waals surface area contributed by atoms with Gasteiger partial charge in [0.25, 0.3) is 0 Å². The summed E-state index contributed by atoms with van der Waals surface area (Å²) in [7, 11) is 1.69. The highest BCUT2D eigenvalue weighted by molar-refractivity contribution is 7.71. The van der Waals surface area contributed by atoms with E-state index in [0.29, 0.717) is 0 Å². The molecule has 2 aromatic rings. The molecule has 0 amide bonds. The summed E-state index contributed by atoms with van der Waals surface area (Å²) in [4.78, 5) is 3.29. The van der Waals surface area contributed by atoms with Gasteiger partial charge in [-0.05, 0) is 43.1 Å². The number of hydrogen-bond donors (Lipinski definition) is 1. The van der Waals surface area contributed by atoms with E-state index in [1.54, 1.807) is 7.11 Å². The normalized spacial score (nSPS) is 16.9. The summed E-state index contributed by atoms with van der Waals surface area (Å²) in [5, 5.41) is 0. The minimum atomic E-state index is 0.779. The first-order valence-electron chi connectivity index (χ1n) is 7.04. The molecular weight excluding hydrogens is 256 g/mol. The monoisotopic (exact) mass is 276 g/mol. The van der Waals surface area contributed by atoms with Crippen LogP contribution in [0.15, 0.2) is 18.2 Å². The zero-order valence-corrected chi connectivity index (χ0v) is 12.1. The van der Waals surface area contributed by atoms with Crippen molar-refractivity contribution < 1.29 is 4.74 Å². The lowest BCUT2D eigenvalue weighted by molar-refractivity contribution is 0.321. The number of benzene rings is 1. The van der Waals surface area contributed by atoms with Gasteiger partial charge < -0.3 is 14.3 Å². The number of rotatable bonds is 3. The van der Waals surface area contributed by atoms with Crippen LogP contribution in [0.3, 0.4) is 0 Å². The number of ether oxygens (including phenoxy) is 1. The molecule has 0 radical (unpaired) electrons. The maximum atomic E-state index is 5.47. The summed E-state index contributed by atoms with van der Waals surface area (Å²) in [5.74, 6) is 1.65. The molecule has 1 N–H and O–H groups in total. The fraction of sp³-hybridized carbons (Fsp3) is 0.533. The molecule has 0 unspecified atom stereocenters. The molecule has 1 fully saturated rings. The average molecular weight is 276 g/mol. The lowest BCUT2D eigenvalue weighted by Gasteiger charge is -2.22. The Balaban J connectivity index is 1.93. The number of nitrogens with zero attached hydrogens (tertiary/aromatic N) is 1. The minimum Gasteiger partial charge on any atom is -0.497 e. The van der Waals surface area contributed by atoms with Crippen molar-refractivity contribution in [2.24, 2.45) is 5.92 Å². The maximum absolute atomic E-state index is 5.47. The quantitative estimate of drug-likeness (QED) is 0.848. The smallest absolute Gasteiger partial charge is 0.178 e. The van der Waals surface area contributed by atoms with E-state index in [1.165, 1.54) is 37.6 Å². The van der Waals surface area contributed by atoms with E-state index in [-0.39, 0.29) is 0 Å². The van der Waals surface area contributed by atoms with Gasteiger partial charge in [0.1, 0.15) is 5.75 Å². The van der Waals surface area contributed by atoms with Crippen molar-refractivity contribution in [3.8, 4) is 5.75 Å². The van der Waals surface area contributed by atoms with E-state index in [0.717, 1.165) is 28.5 Å². The Labute approximate surface area is 118 Å². The van der Waals surface area contributed by atoms with E-state index < -0.39 is 0 Å². The molecule has 0 saturated heterocycles. The van der Waals surface area contributed by atoms with Crippen molar-refractivity contribution in [2.75, 3.05) is 7.11 Å². The summed E-state index contributed by atoms with van der Waals surface area (Å²) < 4.78 is 8.34. The second kappa shape index (κ2) is 5.37. The van der Waals surface area contributed by atoms with Gasteiger partial charge in [-0.25, -0.2) is 0 Å². The number of aromatic nitrogens is 2. The molecule has 3 rings (SSSR count). The second-order valence-corrected chi connectivity index (χ2v) is 5.81. The standard InChI is InChI=1S/C15H20N2OS/c1-18-12-7-8-14-13(9-12)16-15(19)17(14)10-11-5-3-2-4-6-11/h7-9,11H,2-6,10H2,1H3,(H,16,19). The molecule has 1 aromatic carbocycles. The van der Waals surface area contributed by atoms with Crippen molar-refractivity contribution in [1.29, 1.82) is 0 Å². The maximum Gasteiger partial charge on any atom is 0.178 e. The molecule has 1 heterocycles. The molecule has 1 aromatic heterocycles. The first kappa shape index (κ1) is 12.7. The number of fused-ring (bicyclic) bond motifs is 1. The van der Waals surface area contributed by atoms with E-state index in [9.17, 15) is 0 Å². The van der Waals surface area contributed by atoms with E-state index in [1.807, 2.05) is 12.1 Å². The fourth-order valence-electron chi connectivity index (χ4n) is 3.08. The van der Waals surface area contributed by atoms with Crippen LogP contribution < -0.4 is 4.74 Å². The first-order valence-corrected chi connectivity index (χ1v) is 7.45. The van der Waals surface area contributed by atoms with Crippen molar-refractivity contribution in [2.45, 2.75) is 38.6 Å². The van der Waals surface area contributed by atoms with Crippen LogP contribution in [-0.4, -0.2) is 16.7 Å². The van der Waals surface area contributed by atoms with Gasteiger partial charge in [-0.1, -0.05) is 19.3 Å². The largest absolute Gasteiger partial charge is 0.497 e. The SMILES string of the molecule is COc1ccc2c(c1)[nH]c(=S)n2CC1CCCCC1. The summed E-state index contributed by atoms with van der Waals surface area (Å²) >= 11 is 5.47. The van der Waals surface area contributed by atoms with Crippen molar-refractivity contribution in [3.05, 3.63) is 23.0 Å². The predicted molar refractivity (Wildman–Crippen MR) is 80.2 cm³/mol. The molecule has 1 aliphatic rings. The van der Waals surface area contributed by atoms with E-state index in [2.05, 4.69) is 15.6 Å². The number of hydrogen-bond acceptors (Lipinski definition) is 2. The molecule has 3 nitrogen and oxygen atoms in total. The molecule has 102 valence electrons. The topological polar surface area (TPSA) is 29.9 Å². The third-order valence-electron chi connectivity index (χ3n) is 4.15. The van der Waals surface area contributed by atoms with E-state index >= 15 is 0 Å². The van der Waals surface area contributed by atoms with Gasteiger partial charge >= 0.3 is 0 Å². The molecule has 0 atom stereocenters. The Hall–Kier alpha value is -1.29. The molecule has 0 bridgehead atoms. The van der Waals surface area contributed by atoms with Crippen LogP contribution in [0.2, 0.25) is 0 Å². The van der Waals surface area contributed by atoms with Gasteiger partial charge in [-0.15, -0.1) is 0 Å². The minimum absolute atomic E-state index is 0.779. The van der Waals surface area contributed by atoms with Crippen LogP contribution in [0, 0.1) is 10.7 Å². The molecule has 0 spiro atoms. The average Bonchev–Trinajstić information content (AvgIpc) is 2.75. The lowest BCUT2D eigenvalue weighted by Crippen LogP contribution is -2.14. The molecule has 0 aliphatic heterocycles. The van der Waals surface area contributed by atoms with Crippen LogP contribution in [0.4, 0.5) is 0 Å². The number of nitrogens with one attached hydrogen (secondary N) is 1. The van der Waals surface area contributed by atoms with Gasteiger partial charge in [-0.3, -0.25) is 0 Å². The molecular formula is C15H20N2OS. The molecule has 1 saturated carbocycles. The van der Waals surface area contributed by atoms with Crippen LogP contribution >= 0.6 is 12.2 Å². The third-order valence-corrected chi connectivity index (χ3v) is 4.47. The van der Waals surface area contributed by atoms with Gasteiger partial charge in [0, 0.05) is 12.6 Å². The lowest BCUT2D eigenvalue weighted by atomic mass is 9.89. The summed E-state index contributed by atoms with van der Waals surface area (Å²) in [5.41, 5.74) is 2.26. The number of methoxy groups -OCH3 is 1. The van der Waals surface area contributed by atoms with Crippen LogP contribution in [0.5, 0.6) is 5.75 Å². The highest BCUT2D eigenvalue weighted by atomic mass is 32.1. The van der Waals surface area contributed by atoms with Gasteiger partial charge in [0.2, 0.25) is 0 Å². The number of H-pyrrole nitrogens is 1. The Morgan fingerprint density at radius 3 is 2.84 bits per heavy atom. The number of imidazole rings is 1. The van der Waals surface area contributed by atoms with Gasteiger partial charge in [0.15, 0.2) is 4.77 Å². The highest BCUT2D eigenvalue weighted by Crippen LogP contribution is 2.27. The Kier molecular flexibility index (Phi) is 3.60. The van der Waals surface area contributed by atoms with Crippen LogP contribution in [0.25, 0.3) is 11.0 Å². The zero-order valence-electron chi connectivity index (χ0n) is 11.3. The summed E-state index contributed by atoms with van der Waals surface area (Å²) in [6.45, 7) is 1.05. The van der Waals surface area contributed by atoms with E-state index in [4.69, 9.17) is 17.0 Å². The van der Waals surface area contributed by atoms with Crippen molar-refractivity contribution in [1.82, 2.24) is 9.55 Å². The Morgan fingerprint density at radius 2 is 2.11 bits per heavy atom. The summed E-state index contributed by atoms with van der Waals surface area (Å²) in [6.07, 6.45) is 6.81. The van der Waals surface area contributed by atoms with Crippen LogP contribution in [-0.2, 0) is 6.54 Å². The fourth-order valence-corrected chi connectivity index (χ4v) is 3.36. The second-order valence-electron chi connectivity index (χ2n) is 5.43. The highest BCUT2D eigenvalue weighted by Gasteiger charge is 2.16. The van der Waals surface area contributed by atoms with Gasteiger partial charge in [0.05, 0.1) is 18.1 Å². The van der Waals surface area contributed by atoms with Crippen molar-refractivity contribution in [3.63, 3.8) is 0 Å². The molecule has 4 heteroatoms.